The number of rotatable bonds is 6. The Balaban J connectivity index is 2.04. The molecule has 0 amide bonds. The van der Waals surface area contributed by atoms with Gasteiger partial charge in [-0.3, -0.25) is 9.59 Å². The predicted octanol–water partition coefficient (Wildman–Crippen LogP) is 4.78. The minimum Gasteiger partial charge on any atom is -0.457 e. The van der Waals surface area contributed by atoms with Gasteiger partial charge in [0, 0.05) is 5.57 Å². The van der Waals surface area contributed by atoms with Crippen LogP contribution in [0.3, 0.4) is 0 Å². The van der Waals surface area contributed by atoms with Crippen LogP contribution in [0.5, 0.6) is 0 Å². The van der Waals surface area contributed by atoms with Crippen molar-refractivity contribution in [1.82, 2.24) is 0 Å². The summed E-state index contributed by atoms with van der Waals surface area (Å²) in [7, 11) is 0. The number of carbonyl (C=O) groups excluding carboxylic acids is 2. The van der Waals surface area contributed by atoms with Crippen LogP contribution in [0.1, 0.15) is 60.8 Å². The first-order chi connectivity index (χ1) is 11.2. The Labute approximate surface area is 145 Å². The molecule has 1 fully saturated rings. The summed E-state index contributed by atoms with van der Waals surface area (Å²) in [5, 5.41) is 0. The number of hydrogen-bond acceptors (Lipinski definition) is 3. The first-order valence-corrected chi connectivity index (χ1v) is 8.93. The molecule has 0 bridgehead atoms. The van der Waals surface area contributed by atoms with Gasteiger partial charge in [0.2, 0.25) is 0 Å². The average molecular weight is 330 g/mol. The summed E-state index contributed by atoms with van der Waals surface area (Å²) < 4.78 is 5.73. The fraction of sp³-hybridized carbons (Fsp3) is 0.619. The van der Waals surface area contributed by atoms with E-state index in [4.69, 9.17) is 4.74 Å². The van der Waals surface area contributed by atoms with Crippen molar-refractivity contribution >= 4 is 11.8 Å². The number of allylic oxidation sites excluding steroid dienone is 5. The molecule has 0 aliphatic heterocycles. The number of hydrogen-bond donors (Lipinski definition) is 0. The molecule has 0 aromatic heterocycles. The van der Waals surface area contributed by atoms with Gasteiger partial charge in [0.25, 0.3) is 0 Å². The molecule has 0 radical (unpaired) electrons. The topological polar surface area (TPSA) is 43.4 Å². The van der Waals surface area contributed by atoms with Gasteiger partial charge in [0.1, 0.15) is 6.10 Å². The van der Waals surface area contributed by atoms with Gasteiger partial charge >= 0.3 is 5.97 Å². The van der Waals surface area contributed by atoms with Gasteiger partial charge in [0.05, 0.1) is 12.3 Å². The summed E-state index contributed by atoms with van der Waals surface area (Å²) >= 11 is 0. The second-order valence-electron chi connectivity index (χ2n) is 7.87. The van der Waals surface area contributed by atoms with Crippen LogP contribution in [0.2, 0.25) is 0 Å². The lowest BCUT2D eigenvalue weighted by Gasteiger charge is -2.13. The quantitative estimate of drug-likeness (QED) is 0.520. The van der Waals surface area contributed by atoms with Crippen molar-refractivity contribution in [1.29, 1.82) is 0 Å². The van der Waals surface area contributed by atoms with Crippen LogP contribution in [0.4, 0.5) is 0 Å². The maximum atomic E-state index is 12.6. The molecule has 0 aromatic carbocycles. The van der Waals surface area contributed by atoms with Gasteiger partial charge in [0.15, 0.2) is 5.78 Å². The lowest BCUT2D eigenvalue weighted by molar-refractivity contribution is -0.150. The third kappa shape index (κ3) is 3.71. The van der Waals surface area contributed by atoms with E-state index in [0.29, 0.717) is 12.8 Å². The van der Waals surface area contributed by atoms with Gasteiger partial charge in [-0.15, -0.1) is 0 Å². The highest BCUT2D eigenvalue weighted by Crippen LogP contribution is 2.60. The third-order valence-electron chi connectivity index (χ3n) is 5.33. The molecule has 3 nitrogen and oxygen atoms in total. The van der Waals surface area contributed by atoms with E-state index in [1.165, 1.54) is 5.57 Å². The molecule has 2 rings (SSSR count). The normalized spacial score (nSPS) is 28.4. The van der Waals surface area contributed by atoms with E-state index in [2.05, 4.69) is 46.8 Å². The van der Waals surface area contributed by atoms with Gasteiger partial charge in [-0.25, -0.2) is 0 Å². The van der Waals surface area contributed by atoms with E-state index in [1.807, 2.05) is 13.0 Å². The minimum absolute atomic E-state index is 0.0543. The van der Waals surface area contributed by atoms with Crippen molar-refractivity contribution in [3.63, 3.8) is 0 Å². The molecule has 132 valence electrons. The summed E-state index contributed by atoms with van der Waals surface area (Å²) in [4.78, 5) is 24.8. The molecule has 0 heterocycles. The Hall–Kier alpha value is -1.64. The summed E-state index contributed by atoms with van der Waals surface area (Å²) in [6.45, 7) is 12.3. The van der Waals surface area contributed by atoms with Crippen molar-refractivity contribution in [2.45, 2.75) is 66.9 Å². The van der Waals surface area contributed by atoms with Crippen LogP contribution < -0.4 is 0 Å². The van der Waals surface area contributed by atoms with Crippen LogP contribution in [-0.4, -0.2) is 17.9 Å². The zero-order valence-electron chi connectivity index (χ0n) is 15.8. The van der Waals surface area contributed by atoms with E-state index >= 15 is 0 Å². The summed E-state index contributed by atoms with van der Waals surface area (Å²) in [6, 6.07) is 0. The highest BCUT2D eigenvalue weighted by atomic mass is 16.5. The molecule has 1 saturated carbocycles. The smallest absolute Gasteiger partial charge is 0.310 e. The second kappa shape index (κ2) is 7.08. The fourth-order valence-corrected chi connectivity index (χ4v) is 3.64. The number of ketones is 1. The van der Waals surface area contributed by atoms with Gasteiger partial charge in [-0.05, 0) is 50.5 Å². The number of Topliss-reactive ketones (excluding diaryl/α,β-unsaturated/α-hetero) is 1. The van der Waals surface area contributed by atoms with Gasteiger partial charge < -0.3 is 4.74 Å². The molecule has 24 heavy (non-hydrogen) atoms. The van der Waals surface area contributed by atoms with E-state index in [9.17, 15) is 9.59 Å². The molecule has 2 aliphatic rings. The van der Waals surface area contributed by atoms with Crippen LogP contribution >= 0.6 is 0 Å². The van der Waals surface area contributed by atoms with Crippen molar-refractivity contribution < 1.29 is 14.3 Å². The third-order valence-corrected chi connectivity index (χ3v) is 5.33. The number of ether oxygens (including phenoxy) is 1. The zero-order chi connectivity index (χ0) is 18.1. The van der Waals surface area contributed by atoms with Crippen LogP contribution in [-0.2, 0) is 14.3 Å². The fourth-order valence-electron chi connectivity index (χ4n) is 3.64. The van der Waals surface area contributed by atoms with E-state index in [0.717, 1.165) is 17.6 Å². The summed E-state index contributed by atoms with van der Waals surface area (Å²) in [6.07, 6.45) is 7.77. The SMILES string of the molecule is CC/C=C/CC1=C(C)[C@H](OC(=O)[C@H]2[C@H](C=C(C)C)C2(C)C)CC1=O. The standard InChI is InChI=1S/C21H30O3/c1-7-8-9-10-15-14(4)18(12-17(15)22)24-20(23)19-16(11-13(2)3)21(19,5)6/h8-9,11,16,18-19H,7,10,12H2,1-6H3/b9-8+/t16-,18+,19+/m0/s1. The minimum atomic E-state index is -0.376. The lowest BCUT2D eigenvalue weighted by Crippen LogP contribution is -2.20. The van der Waals surface area contributed by atoms with Crippen molar-refractivity contribution in [2.24, 2.45) is 17.3 Å². The maximum absolute atomic E-state index is 12.6. The summed E-state index contributed by atoms with van der Waals surface area (Å²) in [5.41, 5.74) is 2.90. The van der Waals surface area contributed by atoms with Crippen molar-refractivity contribution in [3.8, 4) is 0 Å². The molecule has 3 heteroatoms. The number of carbonyl (C=O) groups is 2. The molecule has 0 spiro atoms. The first kappa shape index (κ1) is 18.7. The van der Waals surface area contributed by atoms with Crippen LogP contribution in [0.15, 0.2) is 34.9 Å². The Kier molecular flexibility index (Phi) is 5.52. The average Bonchev–Trinajstić information content (AvgIpc) is 2.90. The number of esters is 1. The molecule has 0 aromatic rings. The molecular formula is C21H30O3. The van der Waals surface area contributed by atoms with Crippen LogP contribution in [0, 0.1) is 17.3 Å². The van der Waals surface area contributed by atoms with Crippen molar-refractivity contribution in [2.75, 3.05) is 0 Å². The van der Waals surface area contributed by atoms with Gasteiger partial charge in [-0.1, -0.05) is 44.6 Å². The zero-order valence-corrected chi connectivity index (χ0v) is 15.8. The van der Waals surface area contributed by atoms with E-state index in [-0.39, 0.29) is 35.1 Å². The monoisotopic (exact) mass is 330 g/mol. The van der Waals surface area contributed by atoms with Gasteiger partial charge in [-0.2, -0.15) is 0 Å². The highest BCUT2D eigenvalue weighted by Gasteiger charge is 2.61. The molecular weight excluding hydrogens is 300 g/mol. The molecule has 3 atom stereocenters. The Bertz CT molecular complexity index is 615. The predicted molar refractivity (Wildman–Crippen MR) is 96.4 cm³/mol. The van der Waals surface area contributed by atoms with E-state index in [1.54, 1.807) is 0 Å². The highest BCUT2D eigenvalue weighted by molar-refractivity contribution is 6.00. The first-order valence-electron chi connectivity index (χ1n) is 8.93. The van der Waals surface area contributed by atoms with Crippen LogP contribution in [0.25, 0.3) is 0 Å². The van der Waals surface area contributed by atoms with Crippen molar-refractivity contribution in [3.05, 3.63) is 34.9 Å². The Morgan fingerprint density at radius 3 is 2.54 bits per heavy atom. The second-order valence-corrected chi connectivity index (χ2v) is 7.87. The maximum Gasteiger partial charge on any atom is 0.310 e. The molecule has 2 aliphatic carbocycles. The van der Waals surface area contributed by atoms with E-state index < -0.39 is 0 Å². The molecule has 0 saturated heterocycles. The molecule has 0 unspecified atom stereocenters. The lowest BCUT2D eigenvalue weighted by atomic mass is 10.1. The largest absolute Gasteiger partial charge is 0.457 e. The Morgan fingerprint density at radius 2 is 1.96 bits per heavy atom. The Morgan fingerprint density at radius 1 is 1.29 bits per heavy atom. The molecule has 0 N–H and O–H groups in total. The summed E-state index contributed by atoms with van der Waals surface area (Å²) in [5.74, 6) is 0.0923.